The molecule has 3 rings (SSSR count). The van der Waals surface area contributed by atoms with E-state index in [1.54, 1.807) is 17.8 Å². The standard InChI is InChI=1S/C16H21FN2S/c1-11(13-7-3-4-8-14(13)17)18-16-19-15-9-5-2-6-12(15)10-20-16/h3-4,7-8,11-12,15H,2,5-6,9-10H2,1H3,(H,18,19). The highest BCUT2D eigenvalue weighted by molar-refractivity contribution is 8.13. The number of fused-ring (bicyclic) bond motifs is 1. The second kappa shape index (κ2) is 6.17. The Morgan fingerprint density at radius 2 is 2.10 bits per heavy atom. The minimum absolute atomic E-state index is 0.0393. The molecular weight excluding hydrogens is 271 g/mol. The molecule has 4 heteroatoms. The Labute approximate surface area is 124 Å². The van der Waals surface area contributed by atoms with Crippen LogP contribution in [0.5, 0.6) is 0 Å². The van der Waals surface area contributed by atoms with Gasteiger partial charge < -0.3 is 5.32 Å². The average molecular weight is 292 g/mol. The summed E-state index contributed by atoms with van der Waals surface area (Å²) < 4.78 is 13.8. The first kappa shape index (κ1) is 13.9. The van der Waals surface area contributed by atoms with Gasteiger partial charge in [0.05, 0.1) is 12.1 Å². The van der Waals surface area contributed by atoms with Gasteiger partial charge >= 0.3 is 0 Å². The van der Waals surface area contributed by atoms with Gasteiger partial charge in [0, 0.05) is 11.3 Å². The van der Waals surface area contributed by atoms with Crippen LogP contribution in [0.25, 0.3) is 0 Å². The van der Waals surface area contributed by atoms with Gasteiger partial charge in [0.1, 0.15) is 5.82 Å². The first-order chi connectivity index (χ1) is 9.74. The molecule has 108 valence electrons. The minimum atomic E-state index is -0.149. The third-order valence-corrected chi connectivity index (χ3v) is 5.39. The highest BCUT2D eigenvalue weighted by Gasteiger charge is 2.29. The fourth-order valence-electron chi connectivity index (χ4n) is 3.09. The van der Waals surface area contributed by atoms with E-state index in [4.69, 9.17) is 4.99 Å². The van der Waals surface area contributed by atoms with Crippen LogP contribution < -0.4 is 5.32 Å². The summed E-state index contributed by atoms with van der Waals surface area (Å²) in [6.07, 6.45) is 5.18. The number of halogens is 1. The van der Waals surface area contributed by atoms with Crippen molar-refractivity contribution in [2.75, 3.05) is 5.75 Å². The van der Waals surface area contributed by atoms with Crippen LogP contribution in [-0.4, -0.2) is 17.0 Å². The molecule has 0 aromatic heterocycles. The summed E-state index contributed by atoms with van der Waals surface area (Å²) >= 11 is 1.79. The van der Waals surface area contributed by atoms with E-state index in [2.05, 4.69) is 5.32 Å². The van der Waals surface area contributed by atoms with Crippen LogP contribution in [0, 0.1) is 11.7 Å². The number of nitrogens with one attached hydrogen (secondary N) is 1. The fourth-order valence-corrected chi connectivity index (χ4v) is 4.33. The molecule has 1 heterocycles. The van der Waals surface area contributed by atoms with Crippen molar-refractivity contribution in [3.05, 3.63) is 35.6 Å². The van der Waals surface area contributed by atoms with Crippen molar-refractivity contribution < 1.29 is 4.39 Å². The number of hydrogen-bond donors (Lipinski definition) is 1. The molecule has 1 saturated carbocycles. The first-order valence-electron chi connectivity index (χ1n) is 7.45. The van der Waals surface area contributed by atoms with Crippen molar-refractivity contribution in [2.45, 2.75) is 44.7 Å². The Bertz CT molecular complexity index is 503. The summed E-state index contributed by atoms with van der Waals surface area (Å²) in [5.41, 5.74) is 0.710. The Hall–Kier alpha value is -1.03. The Morgan fingerprint density at radius 1 is 1.30 bits per heavy atom. The lowest BCUT2D eigenvalue weighted by molar-refractivity contribution is 0.335. The summed E-state index contributed by atoms with van der Waals surface area (Å²) in [6.45, 7) is 1.99. The number of amidine groups is 1. The molecule has 0 saturated heterocycles. The summed E-state index contributed by atoms with van der Waals surface area (Å²) in [5.74, 6) is 1.76. The molecule has 2 aliphatic rings. The van der Waals surface area contributed by atoms with Gasteiger partial charge in [-0.25, -0.2) is 4.39 Å². The van der Waals surface area contributed by atoms with Gasteiger partial charge in [-0.15, -0.1) is 0 Å². The predicted octanol–water partition coefficient (Wildman–Crippen LogP) is 4.14. The lowest BCUT2D eigenvalue weighted by Crippen LogP contribution is -2.35. The molecule has 1 N–H and O–H groups in total. The molecule has 1 aromatic carbocycles. The number of benzene rings is 1. The smallest absolute Gasteiger partial charge is 0.157 e. The minimum Gasteiger partial charge on any atom is -0.358 e. The zero-order valence-corrected chi connectivity index (χ0v) is 12.6. The average Bonchev–Trinajstić information content (AvgIpc) is 2.47. The van der Waals surface area contributed by atoms with E-state index in [1.165, 1.54) is 31.7 Å². The van der Waals surface area contributed by atoms with E-state index in [0.29, 0.717) is 11.6 Å². The number of aliphatic imine (C=N–C) groups is 1. The van der Waals surface area contributed by atoms with E-state index in [-0.39, 0.29) is 11.9 Å². The maximum Gasteiger partial charge on any atom is 0.157 e. The number of hydrogen-bond acceptors (Lipinski definition) is 3. The normalized spacial score (nSPS) is 27.4. The van der Waals surface area contributed by atoms with Gasteiger partial charge in [-0.05, 0) is 31.7 Å². The van der Waals surface area contributed by atoms with Gasteiger partial charge in [0.15, 0.2) is 5.17 Å². The van der Waals surface area contributed by atoms with Crippen molar-refractivity contribution >= 4 is 16.9 Å². The number of nitrogens with zero attached hydrogens (tertiary/aromatic N) is 1. The lowest BCUT2D eigenvalue weighted by atomic mass is 9.86. The molecule has 0 amide bonds. The van der Waals surface area contributed by atoms with E-state index < -0.39 is 0 Å². The highest BCUT2D eigenvalue weighted by Crippen LogP contribution is 2.34. The SMILES string of the molecule is CC(NC1=NC2CCCCC2CS1)c1ccccc1F. The van der Waals surface area contributed by atoms with Crippen LogP contribution in [0.2, 0.25) is 0 Å². The van der Waals surface area contributed by atoms with Crippen LogP contribution in [0.3, 0.4) is 0 Å². The third-order valence-electron chi connectivity index (χ3n) is 4.30. The number of rotatable bonds is 2. The summed E-state index contributed by atoms with van der Waals surface area (Å²) in [5, 5.41) is 4.37. The molecule has 1 aliphatic heterocycles. The Morgan fingerprint density at radius 3 is 2.95 bits per heavy atom. The monoisotopic (exact) mass is 292 g/mol. The summed E-state index contributed by atoms with van der Waals surface area (Å²) in [7, 11) is 0. The van der Waals surface area contributed by atoms with Gasteiger partial charge in [-0.1, -0.05) is 42.8 Å². The van der Waals surface area contributed by atoms with Crippen LogP contribution in [0.4, 0.5) is 4.39 Å². The molecule has 1 aliphatic carbocycles. The van der Waals surface area contributed by atoms with E-state index in [9.17, 15) is 4.39 Å². The molecule has 3 atom stereocenters. The maximum absolute atomic E-state index is 13.8. The molecule has 3 unspecified atom stereocenters. The molecule has 0 bridgehead atoms. The largest absolute Gasteiger partial charge is 0.358 e. The zero-order valence-electron chi connectivity index (χ0n) is 11.8. The molecule has 1 fully saturated rings. The van der Waals surface area contributed by atoms with Gasteiger partial charge in [-0.3, -0.25) is 4.99 Å². The van der Waals surface area contributed by atoms with Crippen LogP contribution in [-0.2, 0) is 0 Å². The molecular formula is C16H21FN2S. The number of thioether (sulfide) groups is 1. The molecule has 20 heavy (non-hydrogen) atoms. The highest BCUT2D eigenvalue weighted by atomic mass is 32.2. The third kappa shape index (κ3) is 3.00. The Kier molecular flexibility index (Phi) is 4.29. The zero-order chi connectivity index (χ0) is 13.9. The predicted molar refractivity (Wildman–Crippen MR) is 83.6 cm³/mol. The second-order valence-corrected chi connectivity index (χ2v) is 6.75. The van der Waals surface area contributed by atoms with Crippen molar-refractivity contribution in [3.63, 3.8) is 0 Å². The van der Waals surface area contributed by atoms with Crippen molar-refractivity contribution in [1.82, 2.24) is 5.32 Å². The molecule has 0 spiro atoms. The molecule has 2 nitrogen and oxygen atoms in total. The van der Waals surface area contributed by atoms with Crippen LogP contribution >= 0.6 is 11.8 Å². The van der Waals surface area contributed by atoms with Crippen molar-refractivity contribution in [1.29, 1.82) is 0 Å². The quantitative estimate of drug-likeness (QED) is 0.886. The van der Waals surface area contributed by atoms with Gasteiger partial charge in [-0.2, -0.15) is 0 Å². The summed E-state index contributed by atoms with van der Waals surface area (Å²) in [4.78, 5) is 4.85. The van der Waals surface area contributed by atoms with Crippen LogP contribution in [0.15, 0.2) is 29.3 Å². The maximum atomic E-state index is 13.8. The second-order valence-electron chi connectivity index (χ2n) is 5.74. The topological polar surface area (TPSA) is 24.4 Å². The van der Waals surface area contributed by atoms with E-state index in [1.807, 2.05) is 19.1 Å². The van der Waals surface area contributed by atoms with Crippen molar-refractivity contribution in [3.8, 4) is 0 Å². The van der Waals surface area contributed by atoms with Crippen LogP contribution in [0.1, 0.15) is 44.2 Å². The van der Waals surface area contributed by atoms with Crippen molar-refractivity contribution in [2.24, 2.45) is 10.9 Å². The van der Waals surface area contributed by atoms with E-state index >= 15 is 0 Å². The van der Waals surface area contributed by atoms with Gasteiger partial charge in [0.25, 0.3) is 0 Å². The molecule has 0 radical (unpaired) electrons. The fraction of sp³-hybridized carbons (Fsp3) is 0.562. The first-order valence-corrected chi connectivity index (χ1v) is 8.44. The Balaban J connectivity index is 1.68. The van der Waals surface area contributed by atoms with Gasteiger partial charge in [0.2, 0.25) is 0 Å². The summed E-state index contributed by atoms with van der Waals surface area (Å²) in [6, 6.07) is 7.41. The van der Waals surface area contributed by atoms with E-state index in [0.717, 1.165) is 16.8 Å². The lowest BCUT2D eigenvalue weighted by Gasteiger charge is -2.33. The molecule has 1 aromatic rings.